The summed E-state index contributed by atoms with van der Waals surface area (Å²) in [5, 5.41) is 14.8. The third-order valence-electron chi connectivity index (χ3n) is 3.41. The monoisotopic (exact) mass is 273 g/mol. The first kappa shape index (κ1) is 14.5. The number of nitrogens with one attached hydrogen (secondary N) is 1. The summed E-state index contributed by atoms with van der Waals surface area (Å²) in [5.74, 6) is 0. The van der Waals surface area contributed by atoms with Gasteiger partial charge in [-0.1, -0.05) is 38.7 Å². The van der Waals surface area contributed by atoms with Crippen LogP contribution in [0.25, 0.3) is 5.69 Å². The Kier molecular flexibility index (Phi) is 5.53. The normalized spacial score (nSPS) is 10.7. The van der Waals surface area contributed by atoms with Crippen molar-refractivity contribution >= 4 is 5.69 Å². The van der Waals surface area contributed by atoms with Crippen molar-refractivity contribution in [3.05, 3.63) is 30.1 Å². The molecule has 0 radical (unpaired) electrons. The summed E-state index contributed by atoms with van der Waals surface area (Å²) in [5.41, 5.74) is 3.30. The van der Waals surface area contributed by atoms with E-state index >= 15 is 0 Å². The van der Waals surface area contributed by atoms with Gasteiger partial charge in [0.1, 0.15) is 6.33 Å². The molecule has 0 aliphatic heterocycles. The fraction of sp³-hybridized carbons (Fsp3) is 0.533. The molecule has 5 nitrogen and oxygen atoms in total. The number of unbranched alkanes of at least 4 members (excludes halogenated alkanes) is 4. The highest BCUT2D eigenvalue weighted by atomic mass is 15.5. The van der Waals surface area contributed by atoms with E-state index < -0.39 is 0 Å². The average Bonchev–Trinajstić information content (AvgIpc) is 2.98. The number of benzene rings is 1. The first-order valence-corrected chi connectivity index (χ1v) is 7.39. The van der Waals surface area contributed by atoms with Gasteiger partial charge < -0.3 is 5.32 Å². The van der Waals surface area contributed by atoms with E-state index in [1.54, 1.807) is 11.0 Å². The number of hydrogen-bond acceptors (Lipinski definition) is 4. The highest BCUT2D eigenvalue weighted by Gasteiger charge is 2.03. The van der Waals surface area contributed by atoms with Crippen LogP contribution in [0, 0.1) is 6.92 Å². The average molecular weight is 273 g/mol. The molecule has 1 heterocycles. The van der Waals surface area contributed by atoms with Crippen molar-refractivity contribution in [2.24, 2.45) is 0 Å². The van der Waals surface area contributed by atoms with Crippen molar-refractivity contribution in [3.8, 4) is 5.69 Å². The highest BCUT2D eigenvalue weighted by molar-refractivity contribution is 5.54. The first-order valence-electron chi connectivity index (χ1n) is 7.39. The van der Waals surface area contributed by atoms with Gasteiger partial charge in [0.15, 0.2) is 0 Å². The molecular formula is C15H23N5. The molecule has 2 aromatic rings. The topological polar surface area (TPSA) is 55.6 Å². The second-order valence-corrected chi connectivity index (χ2v) is 5.10. The molecule has 1 N–H and O–H groups in total. The fourth-order valence-electron chi connectivity index (χ4n) is 2.20. The van der Waals surface area contributed by atoms with Crippen molar-refractivity contribution in [3.63, 3.8) is 0 Å². The van der Waals surface area contributed by atoms with Crippen molar-refractivity contribution in [2.75, 3.05) is 11.9 Å². The zero-order valence-electron chi connectivity index (χ0n) is 12.3. The summed E-state index contributed by atoms with van der Waals surface area (Å²) in [6, 6.07) is 6.30. The van der Waals surface area contributed by atoms with Crippen LogP contribution >= 0.6 is 0 Å². The van der Waals surface area contributed by atoms with Crippen LogP contribution in [0.4, 0.5) is 5.69 Å². The summed E-state index contributed by atoms with van der Waals surface area (Å²) in [6.07, 6.45) is 8.11. The number of hydrogen-bond donors (Lipinski definition) is 1. The minimum absolute atomic E-state index is 1.02. The second kappa shape index (κ2) is 7.62. The lowest BCUT2D eigenvalue weighted by Gasteiger charge is -2.10. The van der Waals surface area contributed by atoms with Gasteiger partial charge in [0.25, 0.3) is 0 Å². The smallest absolute Gasteiger partial charge is 0.143 e. The molecule has 1 aromatic carbocycles. The van der Waals surface area contributed by atoms with Crippen LogP contribution in [0.15, 0.2) is 24.5 Å². The van der Waals surface area contributed by atoms with E-state index in [2.05, 4.69) is 52.9 Å². The molecular weight excluding hydrogens is 250 g/mol. The Bertz CT molecular complexity index is 507. The Morgan fingerprint density at radius 2 is 2.00 bits per heavy atom. The predicted molar refractivity (Wildman–Crippen MR) is 81.1 cm³/mol. The minimum Gasteiger partial charge on any atom is -0.385 e. The van der Waals surface area contributed by atoms with E-state index in [1.807, 2.05) is 0 Å². The molecule has 0 atom stereocenters. The van der Waals surface area contributed by atoms with Crippen LogP contribution in [-0.4, -0.2) is 26.8 Å². The highest BCUT2D eigenvalue weighted by Crippen LogP contribution is 2.18. The zero-order valence-corrected chi connectivity index (χ0v) is 12.3. The largest absolute Gasteiger partial charge is 0.385 e. The van der Waals surface area contributed by atoms with Crippen LogP contribution in [0.2, 0.25) is 0 Å². The van der Waals surface area contributed by atoms with E-state index in [0.717, 1.165) is 23.5 Å². The van der Waals surface area contributed by atoms with E-state index in [0.29, 0.717) is 0 Å². The quantitative estimate of drug-likeness (QED) is 0.749. The van der Waals surface area contributed by atoms with E-state index in [4.69, 9.17) is 0 Å². The number of anilines is 1. The van der Waals surface area contributed by atoms with Gasteiger partial charge in [-0.15, -0.1) is 5.10 Å². The first-order chi connectivity index (χ1) is 9.81. The second-order valence-electron chi connectivity index (χ2n) is 5.10. The standard InChI is InChI=1S/C15H23N5/c1-3-4-5-6-7-10-16-14-9-8-13(2)15(11-14)20-12-17-18-19-20/h8-9,11-12,16H,3-7,10H2,1-2H3. The van der Waals surface area contributed by atoms with Crippen LogP contribution in [0.3, 0.4) is 0 Å². The molecule has 0 saturated carbocycles. The Balaban J connectivity index is 1.88. The zero-order chi connectivity index (χ0) is 14.2. The van der Waals surface area contributed by atoms with Gasteiger partial charge in [0.2, 0.25) is 0 Å². The molecule has 0 fully saturated rings. The van der Waals surface area contributed by atoms with Crippen LogP contribution in [-0.2, 0) is 0 Å². The van der Waals surface area contributed by atoms with Gasteiger partial charge in [-0.3, -0.25) is 0 Å². The lowest BCUT2D eigenvalue weighted by atomic mass is 10.1. The molecule has 0 aliphatic rings. The van der Waals surface area contributed by atoms with Gasteiger partial charge in [0.05, 0.1) is 5.69 Å². The summed E-state index contributed by atoms with van der Waals surface area (Å²) in [7, 11) is 0. The molecule has 0 spiro atoms. The van der Waals surface area contributed by atoms with Crippen molar-refractivity contribution in [2.45, 2.75) is 46.0 Å². The molecule has 108 valence electrons. The summed E-state index contributed by atoms with van der Waals surface area (Å²) < 4.78 is 1.70. The molecule has 20 heavy (non-hydrogen) atoms. The van der Waals surface area contributed by atoms with E-state index in [9.17, 15) is 0 Å². The Morgan fingerprint density at radius 1 is 1.15 bits per heavy atom. The van der Waals surface area contributed by atoms with Crippen LogP contribution < -0.4 is 5.32 Å². The SMILES string of the molecule is CCCCCCCNc1ccc(C)c(-n2cnnn2)c1. The summed E-state index contributed by atoms with van der Waals surface area (Å²) in [6.45, 7) is 5.32. The number of nitrogens with zero attached hydrogens (tertiary/aromatic N) is 4. The third-order valence-corrected chi connectivity index (χ3v) is 3.41. The van der Waals surface area contributed by atoms with Crippen LogP contribution in [0.1, 0.15) is 44.6 Å². The van der Waals surface area contributed by atoms with E-state index in [1.165, 1.54) is 32.1 Å². The predicted octanol–water partition coefficient (Wildman–Crippen LogP) is 3.35. The summed E-state index contributed by atoms with van der Waals surface area (Å²) in [4.78, 5) is 0. The maximum Gasteiger partial charge on any atom is 0.143 e. The minimum atomic E-state index is 1.02. The van der Waals surface area contributed by atoms with Crippen molar-refractivity contribution in [1.82, 2.24) is 20.2 Å². The molecule has 0 bridgehead atoms. The number of aromatic nitrogens is 4. The summed E-state index contributed by atoms with van der Waals surface area (Å²) >= 11 is 0. The molecule has 5 heteroatoms. The Labute approximate surface area is 120 Å². The van der Waals surface area contributed by atoms with E-state index in [-0.39, 0.29) is 0 Å². The van der Waals surface area contributed by atoms with Gasteiger partial charge in [-0.25, -0.2) is 4.68 Å². The van der Waals surface area contributed by atoms with Crippen LogP contribution in [0.5, 0.6) is 0 Å². The van der Waals surface area contributed by atoms with Gasteiger partial charge in [-0.05, 0) is 41.5 Å². The van der Waals surface area contributed by atoms with Crippen molar-refractivity contribution < 1.29 is 0 Å². The maximum absolute atomic E-state index is 3.95. The van der Waals surface area contributed by atoms with Gasteiger partial charge in [-0.2, -0.15) is 0 Å². The molecule has 1 aromatic heterocycles. The molecule has 0 aliphatic carbocycles. The van der Waals surface area contributed by atoms with Gasteiger partial charge in [0, 0.05) is 12.2 Å². The Morgan fingerprint density at radius 3 is 2.75 bits per heavy atom. The molecule has 2 rings (SSSR count). The Hall–Kier alpha value is -1.91. The molecule has 0 unspecified atom stereocenters. The number of tetrazole rings is 1. The molecule has 0 saturated heterocycles. The van der Waals surface area contributed by atoms with Crippen molar-refractivity contribution in [1.29, 1.82) is 0 Å². The molecule has 0 amide bonds. The fourth-order valence-corrected chi connectivity index (χ4v) is 2.20. The van der Waals surface area contributed by atoms with Gasteiger partial charge >= 0.3 is 0 Å². The number of aryl methyl sites for hydroxylation is 1. The lowest BCUT2D eigenvalue weighted by Crippen LogP contribution is -2.04. The third kappa shape index (κ3) is 4.05. The maximum atomic E-state index is 3.95. The number of rotatable bonds is 8. The lowest BCUT2D eigenvalue weighted by molar-refractivity contribution is 0.645.